The second kappa shape index (κ2) is 7.21. The molecular weight excluding hydrogens is 362 g/mol. The first-order valence-electron chi connectivity index (χ1n) is 8.48. The smallest absolute Gasteiger partial charge is 0.276 e. The Morgan fingerprint density at radius 3 is 2.56 bits per heavy atom. The first-order valence-corrected chi connectivity index (χ1v) is 8.86. The summed E-state index contributed by atoms with van der Waals surface area (Å²) < 4.78 is 0. The predicted molar refractivity (Wildman–Crippen MR) is 104 cm³/mol. The van der Waals surface area contributed by atoms with Crippen molar-refractivity contribution in [2.75, 3.05) is 0 Å². The van der Waals surface area contributed by atoms with Crippen LogP contribution in [0.2, 0.25) is 5.02 Å². The Hall–Kier alpha value is -3.18. The molecule has 0 spiro atoms. The van der Waals surface area contributed by atoms with Gasteiger partial charge in [0.05, 0.1) is 17.3 Å². The van der Waals surface area contributed by atoms with Crippen LogP contribution in [0, 0.1) is 0 Å². The highest BCUT2D eigenvalue weighted by Crippen LogP contribution is 2.37. The maximum Gasteiger partial charge on any atom is 0.276 e. The summed E-state index contributed by atoms with van der Waals surface area (Å²) in [7, 11) is 0. The van der Waals surface area contributed by atoms with Crippen molar-refractivity contribution < 1.29 is 9.90 Å². The fourth-order valence-corrected chi connectivity index (χ4v) is 3.27. The number of carbonyl (C=O) groups excluding carboxylic acids is 1. The van der Waals surface area contributed by atoms with Gasteiger partial charge in [-0.1, -0.05) is 41.9 Å². The topological polar surface area (TPSA) is 65.8 Å². The molecule has 1 amide bonds. The number of amides is 1. The highest BCUT2D eigenvalue weighted by atomic mass is 35.5. The van der Waals surface area contributed by atoms with E-state index >= 15 is 0 Å². The molecule has 0 aliphatic carbocycles. The first-order chi connectivity index (χ1) is 13.1. The number of hydrazone groups is 1. The lowest BCUT2D eigenvalue weighted by Crippen LogP contribution is -2.27. The van der Waals surface area contributed by atoms with E-state index in [1.165, 1.54) is 11.2 Å². The fourth-order valence-electron chi connectivity index (χ4n) is 3.15. The summed E-state index contributed by atoms with van der Waals surface area (Å²) in [6.45, 7) is 0. The van der Waals surface area contributed by atoms with Gasteiger partial charge >= 0.3 is 0 Å². The molecule has 4 rings (SSSR count). The predicted octanol–water partition coefficient (Wildman–Crippen LogP) is 4.43. The number of hydrogen-bond donors (Lipinski definition) is 1. The number of phenolic OH excluding ortho intramolecular Hbond substituents is 1. The molecule has 1 atom stereocenters. The van der Waals surface area contributed by atoms with E-state index < -0.39 is 6.04 Å². The largest absolute Gasteiger partial charge is 0.508 e. The fraction of sp³-hybridized carbons (Fsp3) is 0.0952. The monoisotopic (exact) mass is 377 g/mol. The highest BCUT2D eigenvalue weighted by Gasteiger charge is 2.35. The van der Waals surface area contributed by atoms with Crippen LogP contribution in [0.15, 0.2) is 78.2 Å². The van der Waals surface area contributed by atoms with Crippen LogP contribution in [0.5, 0.6) is 5.75 Å². The second-order valence-electron chi connectivity index (χ2n) is 6.22. The third-order valence-electron chi connectivity index (χ3n) is 4.50. The summed E-state index contributed by atoms with van der Waals surface area (Å²) in [6.07, 6.45) is 3.62. The van der Waals surface area contributed by atoms with E-state index in [-0.39, 0.29) is 11.7 Å². The second-order valence-corrected chi connectivity index (χ2v) is 6.66. The lowest BCUT2D eigenvalue weighted by molar-refractivity contribution is 0.0709. The molecule has 1 N–H and O–H groups in total. The molecule has 5 nitrogen and oxygen atoms in total. The average molecular weight is 378 g/mol. The van der Waals surface area contributed by atoms with Gasteiger partial charge in [-0.15, -0.1) is 0 Å². The van der Waals surface area contributed by atoms with Crippen molar-refractivity contribution in [3.63, 3.8) is 0 Å². The van der Waals surface area contributed by atoms with Crippen molar-refractivity contribution in [1.82, 2.24) is 9.99 Å². The van der Waals surface area contributed by atoms with Gasteiger partial charge in [-0.25, -0.2) is 5.01 Å². The van der Waals surface area contributed by atoms with Crippen LogP contribution in [-0.4, -0.2) is 26.7 Å². The maximum absolute atomic E-state index is 13.0. The zero-order valence-corrected chi connectivity index (χ0v) is 15.0. The number of rotatable bonds is 3. The number of aromatic hydroxyl groups is 1. The summed E-state index contributed by atoms with van der Waals surface area (Å²) in [5, 5.41) is 17.0. The molecule has 27 heavy (non-hydrogen) atoms. The van der Waals surface area contributed by atoms with E-state index in [1.807, 2.05) is 24.3 Å². The molecule has 0 fully saturated rings. The summed E-state index contributed by atoms with van der Waals surface area (Å²) in [6, 6.07) is 17.4. The van der Waals surface area contributed by atoms with Gasteiger partial charge in [0, 0.05) is 29.4 Å². The highest BCUT2D eigenvalue weighted by molar-refractivity contribution is 6.30. The van der Waals surface area contributed by atoms with Gasteiger partial charge in [0.2, 0.25) is 0 Å². The lowest BCUT2D eigenvalue weighted by Gasteiger charge is -2.22. The molecule has 134 valence electrons. The van der Waals surface area contributed by atoms with Crippen LogP contribution in [0.3, 0.4) is 0 Å². The number of aromatic nitrogens is 1. The molecule has 6 heteroatoms. The summed E-state index contributed by atoms with van der Waals surface area (Å²) in [5.74, 6) is -0.126. The van der Waals surface area contributed by atoms with Crippen LogP contribution in [0.1, 0.15) is 33.9 Å². The van der Waals surface area contributed by atoms with E-state index in [9.17, 15) is 9.90 Å². The Bertz CT molecular complexity index is 1000. The van der Waals surface area contributed by atoms with Crippen molar-refractivity contribution in [2.24, 2.45) is 5.10 Å². The lowest BCUT2D eigenvalue weighted by atomic mass is 9.97. The van der Waals surface area contributed by atoms with Gasteiger partial charge in [0.1, 0.15) is 5.75 Å². The zero-order chi connectivity index (χ0) is 18.8. The van der Waals surface area contributed by atoms with Gasteiger partial charge < -0.3 is 5.11 Å². The van der Waals surface area contributed by atoms with E-state index in [2.05, 4.69) is 10.1 Å². The van der Waals surface area contributed by atoms with Gasteiger partial charge in [0.15, 0.2) is 0 Å². The summed E-state index contributed by atoms with van der Waals surface area (Å²) in [5.41, 5.74) is 2.75. The number of para-hydroxylation sites is 1. The molecule has 2 aromatic carbocycles. The van der Waals surface area contributed by atoms with Crippen molar-refractivity contribution in [1.29, 1.82) is 0 Å². The quantitative estimate of drug-likeness (QED) is 0.734. The third-order valence-corrected chi connectivity index (χ3v) is 4.75. The Morgan fingerprint density at radius 2 is 1.85 bits per heavy atom. The molecule has 0 unspecified atom stereocenters. The van der Waals surface area contributed by atoms with Crippen molar-refractivity contribution in [3.05, 3.63) is 94.8 Å². The van der Waals surface area contributed by atoms with Crippen molar-refractivity contribution in [3.8, 4) is 5.75 Å². The molecule has 0 bridgehead atoms. The molecule has 0 radical (unpaired) electrons. The Labute approximate surface area is 161 Å². The number of benzene rings is 2. The van der Waals surface area contributed by atoms with Crippen LogP contribution < -0.4 is 0 Å². The number of hydrogen-bond acceptors (Lipinski definition) is 4. The summed E-state index contributed by atoms with van der Waals surface area (Å²) >= 11 is 5.98. The van der Waals surface area contributed by atoms with Crippen LogP contribution >= 0.6 is 11.6 Å². The number of pyridine rings is 1. The minimum atomic E-state index is -0.399. The molecule has 1 aliphatic rings. The molecule has 2 heterocycles. The maximum atomic E-state index is 13.0. The molecule has 3 aromatic rings. The van der Waals surface area contributed by atoms with Crippen LogP contribution in [0.25, 0.3) is 0 Å². The molecule has 0 saturated heterocycles. The standard InChI is InChI=1S/C21H16ClN3O2/c22-16-9-7-14(8-10-16)18-12-19(17-5-1-2-6-20(17)26)25(24-18)21(27)15-4-3-11-23-13-15/h1-11,13,19,26H,12H2/t19-/m0/s1. The third kappa shape index (κ3) is 3.41. The van der Waals surface area contributed by atoms with E-state index in [1.54, 1.807) is 42.6 Å². The van der Waals surface area contributed by atoms with E-state index in [0.717, 1.165) is 11.3 Å². The normalized spacial score (nSPS) is 16.3. The molecular formula is C21H16ClN3O2. The van der Waals surface area contributed by atoms with Crippen LogP contribution in [0.4, 0.5) is 0 Å². The zero-order valence-electron chi connectivity index (χ0n) is 14.3. The minimum absolute atomic E-state index is 0.138. The summed E-state index contributed by atoms with van der Waals surface area (Å²) in [4.78, 5) is 17.1. The van der Waals surface area contributed by atoms with Gasteiger partial charge in [-0.2, -0.15) is 5.10 Å². The van der Waals surface area contributed by atoms with E-state index in [4.69, 9.17) is 11.6 Å². The first kappa shape index (κ1) is 17.2. The Balaban J connectivity index is 1.75. The average Bonchev–Trinajstić information content (AvgIpc) is 3.14. The van der Waals surface area contributed by atoms with Crippen molar-refractivity contribution in [2.45, 2.75) is 12.5 Å². The van der Waals surface area contributed by atoms with Crippen molar-refractivity contribution >= 4 is 23.2 Å². The van der Waals surface area contributed by atoms with Gasteiger partial charge in [-0.05, 0) is 35.9 Å². The van der Waals surface area contributed by atoms with E-state index in [0.29, 0.717) is 22.6 Å². The molecule has 0 saturated carbocycles. The molecule has 1 aromatic heterocycles. The molecule has 1 aliphatic heterocycles. The number of nitrogens with zero attached hydrogens (tertiary/aromatic N) is 3. The van der Waals surface area contributed by atoms with Gasteiger partial charge in [-0.3, -0.25) is 9.78 Å². The number of carbonyl (C=O) groups is 1. The SMILES string of the molecule is O=C(c1cccnc1)N1N=C(c2ccc(Cl)cc2)C[C@H]1c1ccccc1O. The van der Waals surface area contributed by atoms with Crippen LogP contribution in [-0.2, 0) is 0 Å². The number of phenols is 1. The minimum Gasteiger partial charge on any atom is -0.508 e. The van der Waals surface area contributed by atoms with Gasteiger partial charge in [0.25, 0.3) is 5.91 Å². The Morgan fingerprint density at radius 1 is 1.07 bits per heavy atom. The number of halogens is 1. The Kier molecular flexibility index (Phi) is 4.60.